The monoisotopic (exact) mass is 384 g/mol. The number of imide groups is 1. The summed E-state index contributed by atoms with van der Waals surface area (Å²) in [5, 5.41) is 2.69. The van der Waals surface area contributed by atoms with Crippen LogP contribution in [0.5, 0.6) is 0 Å². The number of carbonyl (C=O) groups is 4. The fourth-order valence-corrected chi connectivity index (χ4v) is 3.71. The predicted octanol–water partition coefficient (Wildman–Crippen LogP) is 2.12. The van der Waals surface area contributed by atoms with Crippen molar-refractivity contribution in [2.45, 2.75) is 39.7 Å². The van der Waals surface area contributed by atoms with E-state index in [1.807, 2.05) is 38.1 Å². The van der Waals surface area contributed by atoms with Crippen molar-refractivity contribution in [3.8, 4) is 0 Å². The molecule has 0 spiro atoms. The van der Waals surface area contributed by atoms with E-state index < -0.39 is 36.4 Å². The Kier molecular flexibility index (Phi) is 5.63. The number of rotatable bonds is 5. The summed E-state index contributed by atoms with van der Waals surface area (Å²) in [4.78, 5) is 50.5. The highest BCUT2D eigenvalue weighted by Gasteiger charge is 2.50. The highest BCUT2D eigenvalue weighted by atomic mass is 16.5. The Labute approximate surface area is 163 Å². The van der Waals surface area contributed by atoms with Gasteiger partial charge in [0.2, 0.25) is 11.8 Å². The fourth-order valence-electron chi connectivity index (χ4n) is 3.71. The normalized spacial score (nSPS) is 22.0. The van der Waals surface area contributed by atoms with E-state index in [2.05, 4.69) is 5.32 Å². The van der Waals surface area contributed by atoms with Crippen LogP contribution in [-0.2, 0) is 23.9 Å². The van der Waals surface area contributed by atoms with Gasteiger partial charge in [-0.05, 0) is 45.2 Å². The zero-order valence-electron chi connectivity index (χ0n) is 16.2. The van der Waals surface area contributed by atoms with Crippen LogP contribution in [-0.4, -0.2) is 41.2 Å². The largest absolute Gasteiger partial charge is 0.454 e. The summed E-state index contributed by atoms with van der Waals surface area (Å²) in [6, 6.07) is 4.53. The third-order valence-electron chi connectivity index (χ3n) is 5.27. The lowest BCUT2D eigenvalue weighted by atomic mass is 9.85. The standard InChI is InChI=1S/C21H24N2O5/c1-12-8-9-17(13(2)10-12)22-18(24)11-28-21(27)14(3)23-19(25)15-6-4-5-7-16(15)20(23)26/h4-5,8-10,14-16H,6-7,11H2,1-3H3,(H,22,24)/t14-,15+,16+/m0/s1. The predicted molar refractivity (Wildman–Crippen MR) is 102 cm³/mol. The van der Waals surface area contributed by atoms with Gasteiger partial charge in [-0.3, -0.25) is 19.3 Å². The molecule has 7 heteroatoms. The molecule has 0 aromatic heterocycles. The first-order valence-electron chi connectivity index (χ1n) is 9.35. The van der Waals surface area contributed by atoms with Crippen LogP contribution in [0.3, 0.4) is 0 Å². The van der Waals surface area contributed by atoms with Crippen LogP contribution in [0.1, 0.15) is 30.9 Å². The third kappa shape index (κ3) is 3.83. The van der Waals surface area contributed by atoms with Crippen molar-refractivity contribution >= 4 is 29.4 Å². The van der Waals surface area contributed by atoms with Crippen molar-refractivity contribution in [2.24, 2.45) is 11.8 Å². The minimum Gasteiger partial charge on any atom is -0.454 e. The molecule has 0 bridgehead atoms. The Morgan fingerprint density at radius 3 is 2.32 bits per heavy atom. The van der Waals surface area contributed by atoms with Gasteiger partial charge in [0.15, 0.2) is 6.61 Å². The van der Waals surface area contributed by atoms with Gasteiger partial charge in [0, 0.05) is 5.69 Å². The molecule has 1 aromatic rings. The highest BCUT2D eigenvalue weighted by Crippen LogP contribution is 2.36. The van der Waals surface area contributed by atoms with Crippen LogP contribution in [0.4, 0.5) is 5.69 Å². The Balaban J connectivity index is 1.56. The van der Waals surface area contributed by atoms with Crippen molar-refractivity contribution in [3.63, 3.8) is 0 Å². The summed E-state index contributed by atoms with van der Waals surface area (Å²) in [5.74, 6) is -2.75. The SMILES string of the molecule is Cc1ccc(NC(=O)COC(=O)[C@H](C)N2C(=O)[C@@H]3CC=CC[C@H]3C2=O)c(C)c1. The third-order valence-corrected chi connectivity index (χ3v) is 5.27. The summed E-state index contributed by atoms with van der Waals surface area (Å²) >= 11 is 0. The zero-order valence-corrected chi connectivity index (χ0v) is 16.2. The molecule has 7 nitrogen and oxygen atoms in total. The van der Waals surface area contributed by atoms with Gasteiger partial charge in [-0.1, -0.05) is 29.8 Å². The quantitative estimate of drug-likeness (QED) is 0.477. The van der Waals surface area contributed by atoms with Gasteiger partial charge < -0.3 is 10.1 Å². The number of nitrogens with one attached hydrogen (secondary N) is 1. The van der Waals surface area contributed by atoms with Gasteiger partial charge in [0.1, 0.15) is 6.04 Å². The first-order valence-corrected chi connectivity index (χ1v) is 9.35. The molecule has 3 rings (SSSR count). The second-order valence-corrected chi connectivity index (χ2v) is 7.35. The van der Waals surface area contributed by atoms with Crippen LogP contribution >= 0.6 is 0 Å². The molecular formula is C21H24N2O5. The fraction of sp³-hybridized carbons (Fsp3) is 0.429. The number of allylic oxidation sites excluding steroid dienone is 2. The molecule has 0 radical (unpaired) electrons. The summed E-state index contributed by atoms with van der Waals surface area (Å²) in [7, 11) is 0. The molecule has 1 aromatic carbocycles. The van der Waals surface area contributed by atoms with Crippen LogP contribution in [0.15, 0.2) is 30.4 Å². The van der Waals surface area contributed by atoms with Crippen molar-refractivity contribution in [3.05, 3.63) is 41.5 Å². The Hall–Kier alpha value is -2.96. The zero-order chi connectivity index (χ0) is 20.4. The van der Waals surface area contributed by atoms with E-state index in [0.717, 1.165) is 16.0 Å². The molecule has 3 atom stereocenters. The van der Waals surface area contributed by atoms with Crippen LogP contribution in [0.25, 0.3) is 0 Å². The van der Waals surface area contributed by atoms with Gasteiger partial charge >= 0.3 is 5.97 Å². The molecule has 0 saturated carbocycles. The van der Waals surface area contributed by atoms with Gasteiger partial charge in [0.25, 0.3) is 5.91 Å². The molecule has 2 aliphatic rings. The first kappa shape index (κ1) is 19.8. The van der Waals surface area contributed by atoms with Gasteiger partial charge in [-0.2, -0.15) is 0 Å². The van der Waals surface area contributed by atoms with E-state index in [-0.39, 0.29) is 11.8 Å². The molecule has 3 amide bonds. The van der Waals surface area contributed by atoms with Gasteiger partial charge in [-0.15, -0.1) is 0 Å². The average Bonchev–Trinajstić information content (AvgIpc) is 2.92. The van der Waals surface area contributed by atoms with Crippen LogP contribution < -0.4 is 5.32 Å². The lowest BCUT2D eigenvalue weighted by molar-refractivity contribution is -0.159. The number of benzene rings is 1. The molecule has 1 aliphatic carbocycles. The topological polar surface area (TPSA) is 92.8 Å². The van der Waals surface area contributed by atoms with E-state index >= 15 is 0 Å². The number of nitrogens with zero attached hydrogens (tertiary/aromatic N) is 1. The highest BCUT2D eigenvalue weighted by molar-refractivity contribution is 6.08. The average molecular weight is 384 g/mol. The number of hydrogen-bond acceptors (Lipinski definition) is 5. The van der Waals surface area contributed by atoms with Gasteiger partial charge in [0.05, 0.1) is 11.8 Å². The molecule has 148 valence electrons. The second kappa shape index (κ2) is 7.96. The number of esters is 1. The molecule has 1 aliphatic heterocycles. The van der Waals surface area contributed by atoms with E-state index in [9.17, 15) is 19.2 Å². The minimum atomic E-state index is -1.06. The van der Waals surface area contributed by atoms with Crippen molar-refractivity contribution < 1.29 is 23.9 Å². The van der Waals surface area contributed by atoms with E-state index in [1.54, 1.807) is 6.07 Å². The first-order chi connectivity index (χ1) is 13.3. The smallest absolute Gasteiger partial charge is 0.329 e. The molecule has 1 N–H and O–H groups in total. The minimum absolute atomic E-state index is 0.344. The lowest BCUT2D eigenvalue weighted by Crippen LogP contribution is -2.45. The number of fused-ring (bicyclic) bond motifs is 1. The number of aryl methyl sites for hydroxylation is 2. The summed E-state index contributed by atoms with van der Waals surface area (Å²) in [6.07, 6.45) is 4.78. The Morgan fingerprint density at radius 1 is 1.14 bits per heavy atom. The number of likely N-dealkylation sites (tertiary alicyclic amines) is 1. The summed E-state index contributed by atoms with van der Waals surface area (Å²) in [5.41, 5.74) is 2.62. The number of amides is 3. The van der Waals surface area contributed by atoms with Crippen LogP contribution in [0, 0.1) is 25.7 Å². The molecule has 1 fully saturated rings. The maximum atomic E-state index is 12.5. The summed E-state index contributed by atoms with van der Waals surface area (Å²) < 4.78 is 5.05. The number of anilines is 1. The lowest BCUT2D eigenvalue weighted by Gasteiger charge is -2.21. The molecule has 1 saturated heterocycles. The van der Waals surface area contributed by atoms with Crippen molar-refractivity contribution in [2.75, 3.05) is 11.9 Å². The van der Waals surface area contributed by atoms with E-state index in [1.165, 1.54) is 6.92 Å². The van der Waals surface area contributed by atoms with Gasteiger partial charge in [-0.25, -0.2) is 4.79 Å². The number of hydrogen-bond donors (Lipinski definition) is 1. The van der Waals surface area contributed by atoms with Crippen molar-refractivity contribution in [1.82, 2.24) is 4.90 Å². The molecule has 0 unspecified atom stereocenters. The Bertz CT molecular complexity index is 834. The van der Waals surface area contributed by atoms with Crippen molar-refractivity contribution in [1.29, 1.82) is 0 Å². The van der Waals surface area contributed by atoms with Crippen LogP contribution in [0.2, 0.25) is 0 Å². The maximum Gasteiger partial charge on any atom is 0.329 e. The maximum absolute atomic E-state index is 12.5. The molecular weight excluding hydrogens is 360 g/mol. The molecule has 1 heterocycles. The Morgan fingerprint density at radius 2 is 1.75 bits per heavy atom. The van der Waals surface area contributed by atoms with E-state index in [0.29, 0.717) is 18.5 Å². The number of ether oxygens (including phenoxy) is 1. The van der Waals surface area contributed by atoms with E-state index in [4.69, 9.17) is 4.74 Å². The second-order valence-electron chi connectivity index (χ2n) is 7.35. The summed E-state index contributed by atoms with van der Waals surface area (Å²) in [6.45, 7) is 4.79. The number of carbonyl (C=O) groups excluding carboxylic acids is 4. The molecule has 28 heavy (non-hydrogen) atoms.